The van der Waals surface area contributed by atoms with Gasteiger partial charge in [0.1, 0.15) is 78.6 Å². The molecular weight excluding hydrogens is 1930 g/mol. The highest BCUT2D eigenvalue weighted by molar-refractivity contribution is 5.93. The molecule has 20 atom stereocenters. The lowest BCUT2D eigenvalue weighted by molar-refractivity contribution is -0.178. The molecule has 5 unspecified atom stereocenters. The number of fused-ring (bicyclic) bond motifs is 10. The van der Waals surface area contributed by atoms with Gasteiger partial charge in [-0.15, -0.1) is 0 Å². The number of phenols is 8. The number of carbonyl (C=O) groups is 12. The first-order valence-corrected chi connectivity index (χ1v) is 44.8. The zero-order chi connectivity index (χ0) is 106. The summed E-state index contributed by atoms with van der Waals surface area (Å²) in [4.78, 5) is 145. The largest absolute Gasteiger partial charge is 0.508 e. The number of hydrogen-bond acceptors (Lipinski definition) is 44. The van der Waals surface area contributed by atoms with Crippen molar-refractivity contribution in [3.63, 3.8) is 0 Å². The lowest BCUT2D eigenvalue weighted by Gasteiger charge is -2.35. The lowest BCUT2D eigenvalue weighted by atomic mass is 9.82. The molecule has 16 N–H and O–H groups in total. The number of benzene rings is 7. The smallest absolute Gasteiger partial charge is 0.338 e. The molecule has 5 heterocycles. The molecule has 0 amide bonds. The predicted octanol–water partition coefficient (Wildman–Crippen LogP) is 4.32. The van der Waals surface area contributed by atoms with Gasteiger partial charge in [0.15, 0.2) is 104 Å². The topological polar surface area (TPSA) is 676 Å². The molecule has 44 heteroatoms. The van der Waals surface area contributed by atoms with E-state index >= 15 is 0 Å². The minimum Gasteiger partial charge on any atom is -0.508 e. The second-order valence-corrected chi connectivity index (χ2v) is 35.1. The Labute approximate surface area is 827 Å². The van der Waals surface area contributed by atoms with E-state index in [0.717, 1.165) is 30.4 Å². The normalized spacial score (nSPS) is 28.2. The number of methoxy groups -OCH3 is 4. The minimum absolute atomic E-state index is 0.00250. The highest BCUT2D eigenvalue weighted by Gasteiger charge is 2.64. The van der Waals surface area contributed by atoms with Gasteiger partial charge in [-0.05, 0) is 166 Å². The molecule has 7 aromatic carbocycles. The molecule has 0 spiro atoms. The van der Waals surface area contributed by atoms with E-state index in [1.165, 1.54) is 174 Å². The minimum atomic E-state index is -1.87. The van der Waals surface area contributed by atoms with Crippen molar-refractivity contribution in [3.8, 4) is 69.0 Å². The molecule has 5 aliphatic heterocycles. The molecule has 5 aliphatic carbocycles. The van der Waals surface area contributed by atoms with Crippen LogP contribution in [0.5, 0.6) is 69.0 Å². The quantitative estimate of drug-likeness (QED) is 0.0164. The van der Waals surface area contributed by atoms with Gasteiger partial charge in [0.05, 0.1) is 34.5 Å². The van der Waals surface area contributed by atoms with E-state index in [1.807, 2.05) is 0 Å². The van der Waals surface area contributed by atoms with E-state index in [2.05, 4.69) is 0 Å². The molecule has 10 bridgehead atoms. The number of rotatable bonds is 25. The number of hydrogen-bond donors (Lipinski definition) is 16. The van der Waals surface area contributed by atoms with Crippen LogP contribution in [0.15, 0.2) is 182 Å². The number of ether oxygens (including phenoxy) is 16. The van der Waals surface area contributed by atoms with Gasteiger partial charge >= 0.3 is 71.6 Å². The molecular formula is C102H100O44. The summed E-state index contributed by atoms with van der Waals surface area (Å²) >= 11 is 0. The van der Waals surface area contributed by atoms with Crippen LogP contribution in [-0.4, -0.2) is 301 Å². The van der Waals surface area contributed by atoms with Crippen LogP contribution in [0.2, 0.25) is 0 Å². The first-order valence-electron chi connectivity index (χ1n) is 44.8. The monoisotopic (exact) mass is 2030 g/mol. The number of esters is 12. The number of aliphatic hydroxyl groups excluding tert-OH is 3. The van der Waals surface area contributed by atoms with E-state index < -0.39 is 191 Å². The maximum atomic E-state index is 12.6. The Morgan fingerprint density at radius 3 is 0.767 bits per heavy atom. The van der Waals surface area contributed by atoms with Crippen LogP contribution in [0.1, 0.15) is 103 Å². The van der Waals surface area contributed by atoms with E-state index in [0.29, 0.717) is 38.9 Å². The van der Waals surface area contributed by atoms with Crippen LogP contribution in [0.4, 0.5) is 0 Å². The lowest BCUT2D eigenvalue weighted by Crippen LogP contribution is -2.51. The molecule has 0 aromatic heterocycles. The van der Waals surface area contributed by atoms with Gasteiger partial charge in [0.25, 0.3) is 0 Å². The third-order valence-electron chi connectivity index (χ3n) is 24.6. The Morgan fingerprint density at radius 2 is 0.479 bits per heavy atom. The molecule has 44 nitrogen and oxygen atoms in total. The third-order valence-corrected chi connectivity index (χ3v) is 24.6. The molecule has 5 saturated carbocycles. The molecule has 772 valence electrons. The standard InChI is InChI=1S/C27H26O11.C26H24O11.C17H18O8.2C16H16O7/c1-34-19-11-15(3-7-17(19)28)5-9-23(30)36-21-13-27(33)14-22(37-26(27)32)25(21)38-24(31)10-6-16-4-8-18(29)20(12-16)35-2;1-34-19-11-15(3-7-17(19)28)5-9-23(31)37-24-20(12-26(33)13-21(24)36-25(26)32)35-22(30)8-4-14-2-6-16(27)18(29)10-14;1-23-11-6-9(2-4-10(11)18)3-5-14(19)24-12-7-17(22)8-13(15(12)20)25-16(17)21;17-10-4-1-9(2-5-10)3-6-13(18)22-11-7-16(21)8-12(14(11)19)23-15(16)20;17-10-4-1-9(2-5-10)3-6-13(19)23-14-11(18)7-16(21)8-12(14)22-15(16)20/h3-12,21-22,25,28-29,33H,13-14H2,1-2H3;2-11,20-21,24,27-29,33H,12-13H2,1H3;2-6,12-13,15,18,20,22H,7-8H2,1H3;1-6,11-12,14,17,19,21H,7-8H2;1-6,11-12,14,17-18,21H,7-8H2/b9-5+,10-6+;8-4+,9-5+;5-3+;2*6-3+/t21-,22?,25+,27-;20-,21?,24+,26-;12-,13?,15+,17-;2*11-,12?,14+,16-/m00000/s1. The van der Waals surface area contributed by atoms with Crippen molar-refractivity contribution >= 4 is 114 Å². The highest BCUT2D eigenvalue weighted by atomic mass is 16.7. The zero-order valence-electron chi connectivity index (χ0n) is 77.7. The summed E-state index contributed by atoms with van der Waals surface area (Å²) in [7, 11) is 5.57. The number of aromatic hydroxyl groups is 8. The van der Waals surface area contributed by atoms with Crippen molar-refractivity contribution in [3.05, 3.63) is 221 Å². The van der Waals surface area contributed by atoms with Crippen LogP contribution < -0.4 is 18.9 Å². The van der Waals surface area contributed by atoms with Crippen molar-refractivity contribution in [1.29, 1.82) is 0 Å². The second-order valence-electron chi connectivity index (χ2n) is 35.1. The Kier molecular flexibility index (Phi) is 33.3. The Balaban J connectivity index is 0.000000155. The summed E-state index contributed by atoms with van der Waals surface area (Å²) in [6, 6.07) is 34.2. The Bertz CT molecular complexity index is 6310. The van der Waals surface area contributed by atoms with Crippen LogP contribution in [-0.2, 0) is 114 Å². The first-order chi connectivity index (χ1) is 69.2. The average Bonchev–Trinajstić information content (AvgIpc) is 1.53. The zero-order valence-corrected chi connectivity index (χ0v) is 77.7. The van der Waals surface area contributed by atoms with E-state index in [1.54, 1.807) is 48.5 Å². The van der Waals surface area contributed by atoms with Crippen molar-refractivity contribution in [2.75, 3.05) is 28.4 Å². The number of phenolic OH excluding ortho intramolecular Hbond substituents is 8. The van der Waals surface area contributed by atoms with Gasteiger partial charge in [-0.1, -0.05) is 54.6 Å². The molecule has 0 radical (unpaired) electrons. The van der Waals surface area contributed by atoms with Crippen molar-refractivity contribution in [1.82, 2.24) is 0 Å². The number of carbonyl (C=O) groups excluding carboxylic acids is 12. The fraction of sp³-hybridized carbons (Fsp3) is 0.333. The van der Waals surface area contributed by atoms with Gasteiger partial charge in [-0.2, -0.15) is 0 Å². The van der Waals surface area contributed by atoms with E-state index in [9.17, 15) is 139 Å². The van der Waals surface area contributed by atoms with Gasteiger partial charge in [-0.25, -0.2) is 57.5 Å². The van der Waals surface area contributed by atoms with Gasteiger partial charge in [-0.3, -0.25) is 0 Å². The maximum absolute atomic E-state index is 12.6. The number of aliphatic hydroxyl groups is 8. The molecule has 10 fully saturated rings. The fourth-order valence-corrected chi connectivity index (χ4v) is 17.1. The highest BCUT2D eigenvalue weighted by Crippen LogP contribution is 2.47. The van der Waals surface area contributed by atoms with Crippen molar-refractivity contribution < 1.29 is 215 Å². The summed E-state index contributed by atoms with van der Waals surface area (Å²) < 4.78 is 82.5. The van der Waals surface area contributed by atoms with Gasteiger partial charge in [0.2, 0.25) is 0 Å². The third kappa shape index (κ3) is 26.2. The summed E-state index contributed by atoms with van der Waals surface area (Å²) in [5.74, 6) is -9.38. The van der Waals surface area contributed by atoms with Crippen LogP contribution in [0, 0.1) is 0 Å². The van der Waals surface area contributed by atoms with E-state index in [4.69, 9.17) is 75.8 Å². The molecule has 5 saturated heterocycles. The summed E-state index contributed by atoms with van der Waals surface area (Å²) in [6.07, 6.45) is 0.548. The van der Waals surface area contributed by atoms with Gasteiger partial charge < -0.3 is 157 Å². The Morgan fingerprint density at radius 1 is 0.260 bits per heavy atom. The second kappa shape index (κ2) is 45.5. The average molecular weight is 2030 g/mol. The van der Waals surface area contributed by atoms with E-state index in [-0.39, 0.29) is 133 Å². The van der Waals surface area contributed by atoms with Crippen LogP contribution in [0.3, 0.4) is 0 Å². The van der Waals surface area contributed by atoms with Crippen molar-refractivity contribution in [2.24, 2.45) is 0 Å². The van der Waals surface area contributed by atoms with Crippen LogP contribution in [0.25, 0.3) is 42.5 Å². The maximum Gasteiger partial charge on any atom is 0.338 e. The fourth-order valence-electron chi connectivity index (χ4n) is 17.1. The van der Waals surface area contributed by atoms with Gasteiger partial charge in [0, 0.05) is 107 Å². The summed E-state index contributed by atoms with van der Waals surface area (Å²) in [5, 5.41) is 157. The summed E-state index contributed by atoms with van der Waals surface area (Å²) in [5.41, 5.74) is -4.86. The molecule has 10 aliphatic rings. The summed E-state index contributed by atoms with van der Waals surface area (Å²) in [6.45, 7) is 0. The van der Waals surface area contributed by atoms with Crippen molar-refractivity contribution in [2.45, 2.75) is 184 Å². The Hall–Kier alpha value is -16.4. The SMILES string of the molecule is COc1cc(/C=C/C(=O)O[C@H]2C3C[C@@](O)(C[C@@H]2OC(=O)/C=C/c2ccc(O)c(O)c2)C(=O)O3)ccc1O.COc1cc(/C=C/C(=O)O[C@H]2C[C@]3(O)CC(OC3=O)[C@@H]2O)ccc1O.COc1cc(/C=C/C(=O)O[C@H]2C[C@]3(O)CC(OC3=O)[C@@H]2OC(=O)/C=C/c2ccc(O)c(OC)c2)ccc1O.O=C(/C=C/c1ccc(O)cc1)O[C@H]1C2C[C@@](O)(C[C@@H]1O)C(=O)O2.O=C(/C=C/c1ccc(O)cc1)O[C@H]1C[C@]2(O)CC(OC2=O)[C@@H]1O. The molecule has 17 rings (SSSR count). The predicted molar refractivity (Wildman–Crippen MR) is 495 cm³/mol. The van der Waals surface area contributed by atoms with Crippen LogP contribution >= 0.6 is 0 Å². The molecule has 146 heavy (non-hydrogen) atoms. The molecule has 7 aromatic rings. The first kappa shape index (κ1) is 107.